The van der Waals surface area contributed by atoms with Crippen LogP contribution in [0, 0.1) is 0 Å². The van der Waals surface area contributed by atoms with Gasteiger partial charge in [-0.1, -0.05) is 57.2 Å². The topological polar surface area (TPSA) is 55.8 Å². The van der Waals surface area contributed by atoms with E-state index in [1.807, 2.05) is 42.5 Å². The molecule has 3 aromatic rings. The van der Waals surface area contributed by atoms with Gasteiger partial charge in [0.25, 0.3) is 5.91 Å². The fourth-order valence-corrected chi connectivity index (χ4v) is 5.07. The van der Waals surface area contributed by atoms with Gasteiger partial charge >= 0.3 is 0 Å². The zero-order valence-corrected chi connectivity index (χ0v) is 21.7. The van der Waals surface area contributed by atoms with Crippen LogP contribution in [0.4, 0.5) is 0 Å². The molecule has 36 heavy (non-hydrogen) atoms. The number of ether oxygens (including phenoxy) is 2. The van der Waals surface area contributed by atoms with Crippen molar-refractivity contribution in [3.05, 3.63) is 82.9 Å². The summed E-state index contributed by atoms with van der Waals surface area (Å²) >= 11 is 0. The van der Waals surface area contributed by atoms with Gasteiger partial charge in [0.2, 0.25) is 6.79 Å². The molecular weight excluding hydrogens is 450 g/mol. The molecule has 5 rings (SSSR count). The minimum Gasteiger partial charge on any atom is -0.454 e. The van der Waals surface area contributed by atoms with E-state index in [1.165, 1.54) is 5.56 Å². The van der Waals surface area contributed by atoms with Crippen molar-refractivity contribution >= 4 is 11.7 Å². The Bertz CT molecular complexity index is 1340. The van der Waals surface area contributed by atoms with Gasteiger partial charge in [0.1, 0.15) is 5.78 Å². The summed E-state index contributed by atoms with van der Waals surface area (Å²) in [5.74, 6) is 1.65. The zero-order valence-electron chi connectivity index (χ0n) is 21.7. The predicted octanol–water partition coefficient (Wildman–Crippen LogP) is 5.93. The van der Waals surface area contributed by atoms with E-state index in [-0.39, 0.29) is 23.9 Å². The third-order valence-electron chi connectivity index (χ3n) is 7.29. The summed E-state index contributed by atoms with van der Waals surface area (Å²) in [7, 11) is 3.52. The first-order valence-corrected chi connectivity index (χ1v) is 12.5. The molecule has 0 N–H and O–H groups in total. The predicted molar refractivity (Wildman–Crippen MR) is 141 cm³/mol. The van der Waals surface area contributed by atoms with E-state index in [4.69, 9.17) is 9.47 Å². The molecule has 1 aliphatic carbocycles. The van der Waals surface area contributed by atoms with Gasteiger partial charge in [0.05, 0.1) is 5.41 Å². The van der Waals surface area contributed by atoms with Crippen molar-refractivity contribution in [2.24, 2.45) is 0 Å². The lowest BCUT2D eigenvalue weighted by Crippen LogP contribution is -2.23. The maximum absolute atomic E-state index is 13.6. The Balaban J connectivity index is 1.47. The minimum atomic E-state index is -0.443. The van der Waals surface area contributed by atoms with Gasteiger partial charge in [-0.3, -0.25) is 9.59 Å². The highest BCUT2D eigenvalue weighted by Crippen LogP contribution is 2.51. The Morgan fingerprint density at radius 2 is 1.67 bits per heavy atom. The van der Waals surface area contributed by atoms with Gasteiger partial charge in [-0.25, -0.2) is 0 Å². The van der Waals surface area contributed by atoms with Crippen LogP contribution in [-0.2, 0) is 22.0 Å². The van der Waals surface area contributed by atoms with Gasteiger partial charge in [-0.15, -0.1) is 0 Å². The summed E-state index contributed by atoms with van der Waals surface area (Å²) in [5, 5.41) is 0. The second kappa shape index (κ2) is 8.81. The molecule has 0 spiro atoms. The standard InChI is InChI=1S/C31H33NO4/c1-30(2,3)25-11-9-20(15-24(25)21-7-6-8-22(17-21)29(34)32(4)5)16-28(33)31(13-14-31)23-10-12-26-27(18-23)36-19-35-26/h6-12,15,17-18H,13-14,16,19H2,1-5H3. The number of ketones is 1. The lowest BCUT2D eigenvalue weighted by molar-refractivity contribution is -0.120. The van der Waals surface area contributed by atoms with Crippen LogP contribution in [0.15, 0.2) is 60.7 Å². The zero-order chi connectivity index (χ0) is 25.7. The number of hydrogen-bond acceptors (Lipinski definition) is 4. The summed E-state index contributed by atoms with van der Waals surface area (Å²) in [6.07, 6.45) is 2.07. The first-order chi connectivity index (χ1) is 17.1. The maximum Gasteiger partial charge on any atom is 0.253 e. The van der Waals surface area contributed by atoms with Crippen LogP contribution in [0.25, 0.3) is 11.1 Å². The van der Waals surface area contributed by atoms with Crippen LogP contribution in [-0.4, -0.2) is 37.5 Å². The molecule has 1 aliphatic heterocycles. The van der Waals surface area contributed by atoms with Gasteiger partial charge in [0, 0.05) is 26.1 Å². The van der Waals surface area contributed by atoms with E-state index >= 15 is 0 Å². The molecular formula is C31H33NO4. The van der Waals surface area contributed by atoms with Crippen molar-refractivity contribution in [3.8, 4) is 22.6 Å². The molecule has 5 heteroatoms. The molecule has 0 radical (unpaired) electrons. The number of fused-ring (bicyclic) bond motifs is 1. The Labute approximate surface area is 213 Å². The molecule has 3 aromatic carbocycles. The number of carbonyl (C=O) groups excluding carboxylic acids is 2. The van der Waals surface area contributed by atoms with Crippen molar-refractivity contribution in [2.75, 3.05) is 20.9 Å². The number of benzene rings is 3. The summed E-state index contributed by atoms with van der Waals surface area (Å²) in [5.41, 5.74) is 5.35. The lowest BCUT2D eigenvalue weighted by Gasteiger charge is -2.24. The van der Waals surface area contributed by atoms with E-state index in [0.29, 0.717) is 12.0 Å². The Hall–Kier alpha value is -3.60. The number of carbonyl (C=O) groups is 2. The number of Topliss-reactive ketones (excluding diaryl/α,β-unsaturated/α-hetero) is 1. The summed E-state index contributed by atoms with van der Waals surface area (Å²) in [6.45, 7) is 6.78. The van der Waals surface area contributed by atoms with Crippen molar-refractivity contribution < 1.29 is 19.1 Å². The molecule has 0 unspecified atom stereocenters. The quantitative estimate of drug-likeness (QED) is 0.436. The smallest absolute Gasteiger partial charge is 0.253 e. The Kier molecular flexibility index (Phi) is 5.90. The minimum absolute atomic E-state index is 0.0279. The summed E-state index contributed by atoms with van der Waals surface area (Å²) in [4.78, 5) is 27.8. The van der Waals surface area contributed by atoms with E-state index in [9.17, 15) is 9.59 Å². The normalized spacial score (nSPS) is 15.5. The van der Waals surface area contributed by atoms with Gasteiger partial charge in [0.15, 0.2) is 11.5 Å². The van der Waals surface area contributed by atoms with Crippen LogP contribution in [0.5, 0.6) is 11.5 Å². The Morgan fingerprint density at radius 1 is 0.917 bits per heavy atom. The van der Waals surface area contributed by atoms with E-state index in [2.05, 4.69) is 39.0 Å². The van der Waals surface area contributed by atoms with Gasteiger partial charge < -0.3 is 14.4 Å². The first kappa shape index (κ1) is 24.1. The maximum atomic E-state index is 13.6. The molecule has 1 fully saturated rings. The summed E-state index contributed by atoms with van der Waals surface area (Å²) < 4.78 is 11.0. The van der Waals surface area contributed by atoms with Crippen molar-refractivity contribution in [1.82, 2.24) is 4.90 Å². The SMILES string of the molecule is CN(C)C(=O)c1cccc(-c2cc(CC(=O)C3(c4ccc5c(c4)OCO5)CC3)ccc2C(C)(C)C)c1. The van der Waals surface area contributed by atoms with Crippen molar-refractivity contribution in [2.45, 2.75) is 50.9 Å². The molecule has 2 aliphatic rings. The first-order valence-electron chi connectivity index (χ1n) is 12.5. The molecule has 186 valence electrons. The highest BCUT2D eigenvalue weighted by Gasteiger charge is 2.50. The second-order valence-electron chi connectivity index (χ2n) is 11.2. The molecule has 0 atom stereocenters. The molecule has 0 aromatic heterocycles. The van der Waals surface area contributed by atoms with E-state index in [0.717, 1.165) is 46.6 Å². The molecule has 1 saturated carbocycles. The van der Waals surface area contributed by atoms with E-state index in [1.54, 1.807) is 19.0 Å². The van der Waals surface area contributed by atoms with Crippen LogP contribution in [0.1, 0.15) is 60.7 Å². The van der Waals surface area contributed by atoms with Crippen LogP contribution in [0.2, 0.25) is 0 Å². The Morgan fingerprint density at radius 3 is 2.36 bits per heavy atom. The van der Waals surface area contributed by atoms with Crippen LogP contribution in [0.3, 0.4) is 0 Å². The number of rotatable bonds is 6. The van der Waals surface area contributed by atoms with Crippen LogP contribution >= 0.6 is 0 Å². The lowest BCUT2D eigenvalue weighted by atomic mass is 9.80. The average Bonchev–Trinajstić information content (AvgIpc) is 3.53. The highest BCUT2D eigenvalue weighted by atomic mass is 16.7. The highest BCUT2D eigenvalue weighted by molar-refractivity contribution is 5.96. The second-order valence-corrected chi connectivity index (χ2v) is 11.2. The molecule has 1 heterocycles. The fourth-order valence-electron chi connectivity index (χ4n) is 5.07. The van der Waals surface area contributed by atoms with Crippen molar-refractivity contribution in [1.29, 1.82) is 0 Å². The average molecular weight is 484 g/mol. The molecule has 0 saturated heterocycles. The monoisotopic (exact) mass is 483 g/mol. The fraction of sp³-hybridized carbons (Fsp3) is 0.355. The largest absolute Gasteiger partial charge is 0.454 e. The van der Waals surface area contributed by atoms with Crippen molar-refractivity contribution in [3.63, 3.8) is 0 Å². The molecule has 5 nitrogen and oxygen atoms in total. The molecule has 0 bridgehead atoms. The van der Waals surface area contributed by atoms with Gasteiger partial charge in [-0.2, -0.15) is 0 Å². The van der Waals surface area contributed by atoms with Crippen LogP contribution < -0.4 is 9.47 Å². The molecule has 1 amide bonds. The third kappa shape index (κ3) is 4.39. The summed E-state index contributed by atoms with van der Waals surface area (Å²) in [6, 6.07) is 20.0. The van der Waals surface area contributed by atoms with Gasteiger partial charge in [-0.05, 0) is 70.3 Å². The number of hydrogen-bond donors (Lipinski definition) is 0. The number of nitrogens with zero attached hydrogens (tertiary/aromatic N) is 1. The number of amides is 1. The third-order valence-corrected chi connectivity index (χ3v) is 7.29. The van der Waals surface area contributed by atoms with E-state index < -0.39 is 5.41 Å².